The summed E-state index contributed by atoms with van der Waals surface area (Å²) in [5.41, 5.74) is 14.9. The van der Waals surface area contributed by atoms with Gasteiger partial charge in [-0.05, 0) is 79.8 Å². The van der Waals surface area contributed by atoms with Gasteiger partial charge in [-0.15, -0.1) is 0 Å². The highest BCUT2D eigenvalue weighted by Crippen LogP contribution is 2.35. The molecule has 0 unspecified atom stereocenters. The average Bonchev–Trinajstić information content (AvgIpc) is 2.19. The van der Waals surface area contributed by atoms with Gasteiger partial charge in [0.05, 0.1) is 14.9 Å². The highest BCUT2D eigenvalue weighted by molar-refractivity contribution is 14.1. The molecular formula is C9H11I3N2. The van der Waals surface area contributed by atoms with Gasteiger partial charge in [-0.25, -0.2) is 0 Å². The van der Waals surface area contributed by atoms with Crippen molar-refractivity contribution in [2.75, 3.05) is 11.5 Å². The Morgan fingerprint density at radius 2 is 1.36 bits per heavy atom. The normalized spacial score (nSPS) is 10.6. The molecule has 1 aromatic rings. The molecule has 0 heterocycles. The van der Waals surface area contributed by atoms with Gasteiger partial charge >= 0.3 is 0 Å². The highest BCUT2D eigenvalue weighted by atomic mass is 127. The predicted molar refractivity (Wildman–Crippen MR) is 87.4 cm³/mol. The lowest BCUT2D eigenvalue weighted by Crippen LogP contribution is -2.06. The van der Waals surface area contributed by atoms with Crippen molar-refractivity contribution in [3.05, 3.63) is 16.3 Å². The van der Waals surface area contributed by atoms with Crippen LogP contribution in [0.15, 0.2) is 0 Å². The van der Waals surface area contributed by atoms with E-state index in [0.717, 1.165) is 34.9 Å². The predicted octanol–water partition coefficient (Wildman–Crippen LogP) is 3.62. The van der Waals surface area contributed by atoms with Crippen LogP contribution in [-0.2, 0) is 6.42 Å². The molecule has 0 fully saturated rings. The minimum Gasteiger partial charge on any atom is -0.397 e. The first kappa shape index (κ1) is 13.1. The van der Waals surface area contributed by atoms with Gasteiger partial charge in [0, 0.05) is 7.14 Å². The van der Waals surface area contributed by atoms with Crippen LogP contribution in [0.1, 0.15) is 18.9 Å². The molecule has 1 aromatic carbocycles. The molecule has 0 aliphatic heterocycles. The van der Waals surface area contributed by atoms with Crippen molar-refractivity contribution in [1.82, 2.24) is 0 Å². The van der Waals surface area contributed by atoms with E-state index in [1.165, 1.54) is 5.56 Å². The Bertz CT molecular complexity index is 335. The maximum absolute atomic E-state index is 5.98. The van der Waals surface area contributed by atoms with Crippen LogP contribution in [-0.4, -0.2) is 0 Å². The summed E-state index contributed by atoms with van der Waals surface area (Å²) in [7, 11) is 0. The smallest absolute Gasteiger partial charge is 0.0611 e. The molecule has 4 N–H and O–H groups in total. The Kier molecular flexibility index (Phi) is 5.02. The molecule has 0 aliphatic carbocycles. The van der Waals surface area contributed by atoms with Gasteiger partial charge in [-0.1, -0.05) is 13.3 Å². The van der Waals surface area contributed by atoms with E-state index in [1.807, 2.05) is 0 Å². The zero-order chi connectivity index (χ0) is 10.9. The number of hydrogen-bond donors (Lipinski definition) is 2. The lowest BCUT2D eigenvalue weighted by molar-refractivity contribution is 0.912. The Labute approximate surface area is 125 Å². The molecule has 0 radical (unpaired) electrons. The number of hydrogen-bond acceptors (Lipinski definition) is 2. The van der Waals surface area contributed by atoms with Gasteiger partial charge in [-0.2, -0.15) is 0 Å². The fraction of sp³-hybridized carbons (Fsp3) is 0.333. The summed E-state index contributed by atoms with van der Waals surface area (Å²) in [6.45, 7) is 2.16. The quantitative estimate of drug-likeness (QED) is 0.456. The molecule has 78 valence electrons. The second-order valence-electron chi connectivity index (χ2n) is 3.00. The minimum atomic E-state index is 0.826. The van der Waals surface area contributed by atoms with E-state index in [-0.39, 0.29) is 0 Å². The molecule has 0 spiro atoms. The van der Waals surface area contributed by atoms with Crippen LogP contribution in [0.5, 0.6) is 0 Å². The van der Waals surface area contributed by atoms with E-state index in [1.54, 1.807) is 0 Å². The maximum Gasteiger partial charge on any atom is 0.0611 e. The number of benzene rings is 1. The van der Waals surface area contributed by atoms with Crippen molar-refractivity contribution in [2.45, 2.75) is 19.8 Å². The lowest BCUT2D eigenvalue weighted by Gasteiger charge is -2.14. The summed E-state index contributed by atoms with van der Waals surface area (Å²) in [4.78, 5) is 0. The first-order valence-electron chi connectivity index (χ1n) is 4.20. The topological polar surface area (TPSA) is 52.0 Å². The van der Waals surface area contributed by atoms with Gasteiger partial charge in [0.25, 0.3) is 0 Å². The summed E-state index contributed by atoms with van der Waals surface area (Å²) >= 11 is 6.82. The average molecular weight is 528 g/mol. The third kappa shape index (κ3) is 2.39. The van der Waals surface area contributed by atoms with E-state index < -0.39 is 0 Å². The van der Waals surface area contributed by atoms with Crippen LogP contribution >= 0.6 is 67.8 Å². The molecule has 1 rings (SSSR count). The van der Waals surface area contributed by atoms with E-state index in [9.17, 15) is 0 Å². The molecule has 0 saturated carbocycles. The van der Waals surface area contributed by atoms with Crippen LogP contribution in [0, 0.1) is 10.7 Å². The second-order valence-corrected chi connectivity index (χ2v) is 6.23. The largest absolute Gasteiger partial charge is 0.397 e. The van der Waals surface area contributed by atoms with E-state index in [0.29, 0.717) is 0 Å². The van der Waals surface area contributed by atoms with Crippen molar-refractivity contribution in [3.8, 4) is 0 Å². The first-order valence-corrected chi connectivity index (χ1v) is 7.44. The van der Waals surface area contributed by atoms with E-state index in [4.69, 9.17) is 11.5 Å². The number of rotatable bonds is 2. The van der Waals surface area contributed by atoms with Crippen molar-refractivity contribution in [2.24, 2.45) is 0 Å². The molecule has 0 aliphatic rings. The maximum atomic E-state index is 5.98. The summed E-state index contributed by atoms with van der Waals surface area (Å²) in [6, 6.07) is 0. The number of nitrogen functional groups attached to an aromatic ring is 2. The second kappa shape index (κ2) is 5.37. The van der Waals surface area contributed by atoms with E-state index >= 15 is 0 Å². The number of halogens is 3. The van der Waals surface area contributed by atoms with Gasteiger partial charge in [0.2, 0.25) is 0 Å². The van der Waals surface area contributed by atoms with Crippen LogP contribution < -0.4 is 11.5 Å². The number of nitrogens with two attached hydrogens (primary N) is 2. The molecule has 0 amide bonds. The monoisotopic (exact) mass is 528 g/mol. The molecule has 0 atom stereocenters. The standard InChI is InChI=1S/C9H11I3N2/c1-2-3-4-5(10)8(13)7(12)9(14)6(4)11/h2-3,13-14H2,1H3. The Balaban J connectivity index is 3.43. The van der Waals surface area contributed by atoms with Crippen LogP contribution in [0.3, 0.4) is 0 Å². The first-order chi connectivity index (χ1) is 6.50. The van der Waals surface area contributed by atoms with Crippen LogP contribution in [0.2, 0.25) is 0 Å². The minimum absolute atomic E-state index is 0.826. The van der Waals surface area contributed by atoms with Gasteiger partial charge in [-0.3, -0.25) is 0 Å². The molecule has 0 aromatic heterocycles. The van der Waals surface area contributed by atoms with Crippen LogP contribution in [0.4, 0.5) is 11.4 Å². The SMILES string of the molecule is CCCc1c(I)c(N)c(I)c(N)c1I. The Hall–Kier alpha value is 1.01. The molecule has 2 nitrogen and oxygen atoms in total. The third-order valence-electron chi connectivity index (χ3n) is 1.98. The molecule has 0 saturated heterocycles. The third-order valence-corrected chi connectivity index (χ3v) is 5.60. The molecule has 5 heteroatoms. The molecular weight excluding hydrogens is 517 g/mol. The Morgan fingerprint density at radius 3 is 1.71 bits per heavy atom. The summed E-state index contributed by atoms with van der Waals surface area (Å²) in [6.07, 6.45) is 2.16. The highest BCUT2D eigenvalue weighted by Gasteiger charge is 2.15. The summed E-state index contributed by atoms with van der Waals surface area (Å²) in [5.74, 6) is 0. The molecule has 14 heavy (non-hydrogen) atoms. The fourth-order valence-electron chi connectivity index (χ4n) is 1.23. The fourth-order valence-corrected chi connectivity index (χ4v) is 4.93. The van der Waals surface area contributed by atoms with E-state index in [2.05, 4.69) is 74.7 Å². The van der Waals surface area contributed by atoms with Gasteiger partial charge in [0.1, 0.15) is 0 Å². The lowest BCUT2D eigenvalue weighted by atomic mass is 10.1. The van der Waals surface area contributed by atoms with Crippen molar-refractivity contribution >= 4 is 79.1 Å². The zero-order valence-corrected chi connectivity index (χ0v) is 14.2. The van der Waals surface area contributed by atoms with Crippen molar-refractivity contribution in [1.29, 1.82) is 0 Å². The zero-order valence-electron chi connectivity index (χ0n) is 7.70. The Morgan fingerprint density at radius 1 is 0.929 bits per heavy atom. The summed E-state index contributed by atoms with van der Waals surface area (Å²) in [5, 5.41) is 0. The summed E-state index contributed by atoms with van der Waals surface area (Å²) < 4.78 is 3.30. The number of anilines is 2. The van der Waals surface area contributed by atoms with Crippen molar-refractivity contribution in [3.63, 3.8) is 0 Å². The van der Waals surface area contributed by atoms with Gasteiger partial charge < -0.3 is 11.5 Å². The van der Waals surface area contributed by atoms with Gasteiger partial charge in [0.15, 0.2) is 0 Å². The van der Waals surface area contributed by atoms with Crippen LogP contribution in [0.25, 0.3) is 0 Å². The molecule has 0 bridgehead atoms. The van der Waals surface area contributed by atoms with Crippen molar-refractivity contribution < 1.29 is 0 Å².